The molecular weight excluding hydrogens is 579 g/mol. The fourth-order valence-corrected chi connectivity index (χ4v) is 7.03. The molecule has 1 saturated heterocycles. The summed E-state index contributed by atoms with van der Waals surface area (Å²) in [6, 6.07) is 13.6. The minimum absolute atomic E-state index is 0.134. The normalized spacial score (nSPS) is 16.0. The van der Waals surface area contributed by atoms with Crippen LogP contribution >= 0.6 is 11.3 Å². The molecule has 1 unspecified atom stereocenters. The lowest BCUT2D eigenvalue weighted by Gasteiger charge is -2.28. The molecule has 0 saturated carbocycles. The van der Waals surface area contributed by atoms with Gasteiger partial charge >= 0.3 is 0 Å². The van der Waals surface area contributed by atoms with Crippen LogP contribution in [0, 0.1) is 5.92 Å². The quantitative estimate of drug-likeness (QED) is 0.232. The number of anilines is 2. The van der Waals surface area contributed by atoms with Crippen LogP contribution in [0.3, 0.4) is 0 Å². The van der Waals surface area contributed by atoms with Crippen LogP contribution in [0.2, 0.25) is 0 Å². The average Bonchev–Trinajstić information content (AvgIpc) is 3.53. The van der Waals surface area contributed by atoms with Crippen LogP contribution in [-0.4, -0.2) is 64.9 Å². The highest BCUT2D eigenvalue weighted by atomic mass is 32.2. The van der Waals surface area contributed by atoms with Crippen molar-refractivity contribution < 1.29 is 4.21 Å². The number of nitrogens with zero attached hydrogens (tertiary/aromatic N) is 6. The number of thiazole rings is 1. The molecule has 0 radical (unpaired) electrons. The van der Waals surface area contributed by atoms with Gasteiger partial charge in [0.25, 0.3) is 5.56 Å². The van der Waals surface area contributed by atoms with Gasteiger partial charge in [-0.05, 0) is 96.6 Å². The molecule has 1 aromatic carbocycles. The van der Waals surface area contributed by atoms with Crippen LogP contribution in [0.25, 0.3) is 27.4 Å². The molecule has 4 aromatic heterocycles. The molecule has 0 amide bonds. The predicted molar refractivity (Wildman–Crippen MR) is 176 cm³/mol. The molecule has 9 nitrogen and oxygen atoms in total. The molecule has 1 aliphatic heterocycles. The van der Waals surface area contributed by atoms with Crippen LogP contribution in [-0.2, 0) is 15.9 Å². The van der Waals surface area contributed by atoms with Gasteiger partial charge in [0.2, 0.25) is 5.95 Å². The Kier molecular flexibility index (Phi) is 8.13. The Morgan fingerprint density at radius 3 is 2.49 bits per heavy atom. The van der Waals surface area contributed by atoms with Crippen LogP contribution < -0.4 is 10.9 Å². The molecule has 0 aliphatic carbocycles. The zero-order valence-electron chi connectivity index (χ0n) is 24.6. The predicted octanol–water partition coefficient (Wildman–Crippen LogP) is 5.41. The molecule has 0 bridgehead atoms. The molecular formula is C32H35N7O2S2. The molecule has 43 heavy (non-hydrogen) atoms. The summed E-state index contributed by atoms with van der Waals surface area (Å²) < 4.78 is 14.5. The number of nitrogens with one attached hydrogen (secondary N) is 1. The Labute approximate surface area is 255 Å². The summed E-state index contributed by atoms with van der Waals surface area (Å²) in [5, 5.41) is 6.14. The number of benzene rings is 1. The lowest BCUT2D eigenvalue weighted by atomic mass is 9.90. The minimum atomic E-state index is -2.49. The van der Waals surface area contributed by atoms with Gasteiger partial charge in [-0.1, -0.05) is 26.0 Å². The van der Waals surface area contributed by atoms with E-state index in [1.165, 1.54) is 34.3 Å². The van der Waals surface area contributed by atoms with E-state index in [1.54, 1.807) is 36.8 Å². The number of hydrogen-bond acceptors (Lipinski definition) is 9. The van der Waals surface area contributed by atoms with Crippen LogP contribution in [0.15, 0.2) is 76.1 Å². The summed E-state index contributed by atoms with van der Waals surface area (Å²) in [5.74, 6) is 5.02. The third-order valence-electron chi connectivity index (χ3n) is 8.10. The van der Waals surface area contributed by atoms with E-state index in [-0.39, 0.29) is 10.8 Å². The van der Waals surface area contributed by atoms with Crippen molar-refractivity contribution >= 4 is 49.4 Å². The van der Waals surface area contributed by atoms with Gasteiger partial charge in [-0.2, -0.15) is 4.98 Å². The molecule has 11 heteroatoms. The zero-order valence-corrected chi connectivity index (χ0v) is 26.2. The highest BCUT2D eigenvalue weighted by Crippen LogP contribution is 2.26. The first-order valence-electron chi connectivity index (χ1n) is 14.4. The lowest BCUT2D eigenvalue weighted by Crippen LogP contribution is -2.30. The van der Waals surface area contributed by atoms with Crippen molar-refractivity contribution in [2.45, 2.75) is 43.3 Å². The maximum absolute atomic E-state index is 13.9. The SMILES string of the molecule is C=S(=O)(c1ccc(-c2cc3cnc(Nc4ccc(CC5CCN(C)CC5)cc4)nc3n(-c3nccs3)c2=O)nc1)C(C)C. The van der Waals surface area contributed by atoms with Crippen LogP contribution in [0.1, 0.15) is 32.3 Å². The van der Waals surface area contributed by atoms with Crippen molar-refractivity contribution in [3.05, 3.63) is 82.4 Å². The van der Waals surface area contributed by atoms with Gasteiger partial charge in [0.15, 0.2) is 10.8 Å². The van der Waals surface area contributed by atoms with Crippen LogP contribution in [0.4, 0.5) is 11.6 Å². The highest BCUT2D eigenvalue weighted by Gasteiger charge is 2.19. The third-order valence-corrected chi connectivity index (χ3v) is 11.4. The largest absolute Gasteiger partial charge is 0.324 e. The second kappa shape index (κ2) is 12.0. The van der Waals surface area contributed by atoms with E-state index in [9.17, 15) is 9.00 Å². The van der Waals surface area contributed by atoms with Gasteiger partial charge in [-0.3, -0.25) is 14.0 Å². The smallest absolute Gasteiger partial charge is 0.268 e. The van der Waals surface area contributed by atoms with E-state index in [1.807, 2.05) is 31.4 Å². The Bertz CT molecular complexity index is 1890. The molecule has 5 heterocycles. The van der Waals surface area contributed by atoms with Gasteiger partial charge in [0.05, 0.1) is 11.3 Å². The number of piperidine rings is 1. The van der Waals surface area contributed by atoms with Gasteiger partial charge in [-0.15, -0.1) is 11.3 Å². The average molecular weight is 614 g/mol. The highest BCUT2D eigenvalue weighted by molar-refractivity contribution is 8.00. The standard InChI is InChI=1S/C32H35N7O2S2/c1-21(2)43(4,41)26-9-10-28(34-20-26)27-18-24-19-35-31(37-29(24)39(30(27)40)32-33-13-16-42-32)36-25-7-5-22(6-8-25)17-23-11-14-38(3)15-12-23/h5-10,13,16,18-21,23H,4,11-12,14-15,17H2,1-3H3,(H,35,36,37). The maximum Gasteiger partial charge on any atom is 0.268 e. The summed E-state index contributed by atoms with van der Waals surface area (Å²) in [5.41, 5.74) is 3.18. The second-order valence-corrected chi connectivity index (χ2v) is 15.2. The van der Waals surface area contributed by atoms with Gasteiger partial charge in [0.1, 0.15) is 0 Å². The monoisotopic (exact) mass is 613 g/mol. The molecule has 1 fully saturated rings. The van der Waals surface area contributed by atoms with Crippen molar-refractivity contribution in [2.24, 2.45) is 5.92 Å². The summed E-state index contributed by atoms with van der Waals surface area (Å²) in [7, 11) is -0.300. The van der Waals surface area contributed by atoms with Crippen molar-refractivity contribution in [2.75, 3.05) is 25.5 Å². The van der Waals surface area contributed by atoms with Gasteiger partial charge in [-0.25, -0.2) is 14.5 Å². The maximum atomic E-state index is 13.9. The van der Waals surface area contributed by atoms with E-state index in [4.69, 9.17) is 4.98 Å². The molecule has 1 aliphatic rings. The molecule has 6 rings (SSSR count). The Morgan fingerprint density at radius 1 is 1.07 bits per heavy atom. The molecule has 1 N–H and O–H groups in total. The lowest BCUT2D eigenvalue weighted by molar-refractivity contribution is 0.219. The first kappa shape index (κ1) is 29.2. The van der Waals surface area contributed by atoms with Gasteiger partial charge in [0, 0.05) is 45.2 Å². The number of pyridine rings is 2. The van der Waals surface area contributed by atoms with Gasteiger partial charge < -0.3 is 10.2 Å². The third kappa shape index (κ3) is 6.11. The Morgan fingerprint density at radius 2 is 1.84 bits per heavy atom. The summed E-state index contributed by atoms with van der Waals surface area (Å²) in [4.78, 5) is 35.1. The van der Waals surface area contributed by atoms with E-state index in [0.29, 0.717) is 38.3 Å². The molecule has 222 valence electrons. The van der Waals surface area contributed by atoms with E-state index in [2.05, 4.69) is 50.2 Å². The first-order valence-corrected chi connectivity index (χ1v) is 17.1. The van der Waals surface area contributed by atoms with E-state index >= 15 is 0 Å². The van der Waals surface area contributed by atoms with Crippen molar-refractivity contribution in [1.29, 1.82) is 0 Å². The molecule has 1 atom stereocenters. The Balaban J connectivity index is 1.31. The topological polar surface area (TPSA) is 106 Å². The van der Waals surface area contributed by atoms with E-state index < -0.39 is 9.52 Å². The molecule has 5 aromatic rings. The minimum Gasteiger partial charge on any atom is -0.324 e. The molecule has 0 spiro atoms. The zero-order chi connectivity index (χ0) is 30.1. The van der Waals surface area contributed by atoms with Crippen molar-refractivity contribution in [1.82, 2.24) is 29.4 Å². The second-order valence-electron chi connectivity index (χ2n) is 11.4. The Hall–Kier alpha value is -3.93. The summed E-state index contributed by atoms with van der Waals surface area (Å²) in [6.45, 7) is 6.07. The van der Waals surface area contributed by atoms with Crippen molar-refractivity contribution in [3.8, 4) is 16.4 Å². The summed E-state index contributed by atoms with van der Waals surface area (Å²) in [6.07, 6.45) is 8.46. The number of likely N-dealkylation sites (tertiary alicyclic amines) is 1. The fourth-order valence-electron chi connectivity index (χ4n) is 5.31. The van der Waals surface area contributed by atoms with Crippen LogP contribution in [0.5, 0.6) is 0 Å². The number of aromatic nitrogens is 5. The fraction of sp³-hybridized carbons (Fsp3) is 0.312. The van der Waals surface area contributed by atoms with Crippen molar-refractivity contribution in [3.63, 3.8) is 0 Å². The summed E-state index contributed by atoms with van der Waals surface area (Å²) >= 11 is 1.35. The number of hydrogen-bond donors (Lipinski definition) is 1. The first-order chi connectivity index (χ1) is 20.7. The van der Waals surface area contributed by atoms with E-state index in [0.717, 1.165) is 31.1 Å². The number of rotatable bonds is 8. The number of fused-ring (bicyclic) bond motifs is 1.